The van der Waals surface area contributed by atoms with Crippen LogP contribution in [0.5, 0.6) is 5.75 Å². The normalized spacial score (nSPS) is 11.5. The third-order valence-electron chi connectivity index (χ3n) is 3.47. The molecular formula is C19H20ClNO4S. The first-order valence-electron chi connectivity index (χ1n) is 8.02. The fourth-order valence-electron chi connectivity index (χ4n) is 2.12. The van der Waals surface area contributed by atoms with Gasteiger partial charge in [-0.25, -0.2) is 4.79 Å². The fourth-order valence-corrected chi connectivity index (χ4v) is 3.25. The molecule has 1 atom stereocenters. The third kappa shape index (κ3) is 5.41. The minimum Gasteiger partial charge on any atom is -0.497 e. The minimum absolute atomic E-state index is 0.161. The zero-order valence-electron chi connectivity index (χ0n) is 14.7. The van der Waals surface area contributed by atoms with Crippen molar-refractivity contribution in [3.05, 3.63) is 53.1 Å². The van der Waals surface area contributed by atoms with Gasteiger partial charge in [-0.3, -0.25) is 4.79 Å². The van der Waals surface area contributed by atoms with E-state index in [1.807, 2.05) is 31.2 Å². The first-order chi connectivity index (χ1) is 12.4. The number of carbonyl (C=O) groups excluding carboxylic acids is 2. The number of amides is 1. The van der Waals surface area contributed by atoms with Gasteiger partial charge in [0.25, 0.3) is 0 Å². The van der Waals surface area contributed by atoms with Crippen molar-refractivity contribution in [1.82, 2.24) is 0 Å². The SMILES string of the molecule is CCOC(=O)c1ccc(NC(=O)[C@@H](C)Sc2ccc(OC)cc2)cc1Cl. The molecule has 0 aliphatic carbocycles. The summed E-state index contributed by atoms with van der Waals surface area (Å²) in [4.78, 5) is 25.1. The molecule has 0 unspecified atom stereocenters. The lowest BCUT2D eigenvalue weighted by atomic mass is 10.2. The molecule has 0 fully saturated rings. The number of anilines is 1. The molecule has 0 saturated heterocycles. The van der Waals surface area contributed by atoms with Crippen LogP contribution in [0.1, 0.15) is 24.2 Å². The van der Waals surface area contributed by atoms with Crippen LogP contribution >= 0.6 is 23.4 Å². The Morgan fingerprint density at radius 3 is 2.46 bits per heavy atom. The largest absolute Gasteiger partial charge is 0.497 e. The van der Waals surface area contributed by atoms with E-state index in [0.717, 1.165) is 10.6 Å². The van der Waals surface area contributed by atoms with Crippen LogP contribution in [0.3, 0.4) is 0 Å². The van der Waals surface area contributed by atoms with Gasteiger partial charge in [0.05, 0.1) is 29.6 Å². The van der Waals surface area contributed by atoms with E-state index in [2.05, 4.69) is 5.32 Å². The molecule has 26 heavy (non-hydrogen) atoms. The second kappa shape index (κ2) is 9.50. The van der Waals surface area contributed by atoms with Gasteiger partial charge in [0.1, 0.15) is 5.75 Å². The monoisotopic (exact) mass is 393 g/mol. The molecule has 0 aromatic heterocycles. The van der Waals surface area contributed by atoms with Crippen molar-refractivity contribution < 1.29 is 19.1 Å². The van der Waals surface area contributed by atoms with E-state index in [4.69, 9.17) is 21.1 Å². The molecule has 0 bridgehead atoms. The van der Waals surface area contributed by atoms with Gasteiger partial charge in [-0.2, -0.15) is 0 Å². The summed E-state index contributed by atoms with van der Waals surface area (Å²) in [7, 11) is 1.61. The highest BCUT2D eigenvalue weighted by atomic mass is 35.5. The molecule has 5 nitrogen and oxygen atoms in total. The fraction of sp³-hybridized carbons (Fsp3) is 0.263. The number of ether oxygens (including phenoxy) is 2. The molecule has 0 spiro atoms. The summed E-state index contributed by atoms with van der Waals surface area (Å²) in [6, 6.07) is 12.2. The predicted octanol–water partition coefficient (Wildman–Crippen LogP) is 4.64. The maximum Gasteiger partial charge on any atom is 0.339 e. The van der Waals surface area contributed by atoms with Crippen LogP contribution in [-0.4, -0.2) is 30.8 Å². The predicted molar refractivity (Wildman–Crippen MR) is 104 cm³/mol. The Labute approximate surface area is 162 Å². The molecule has 2 rings (SSSR count). The molecule has 0 aliphatic rings. The summed E-state index contributed by atoms with van der Waals surface area (Å²) in [5, 5.41) is 2.72. The van der Waals surface area contributed by atoms with Crippen LogP contribution in [0.25, 0.3) is 0 Å². The average molecular weight is 394 g/mol. The third-order valence-corrected chi connectivity index (χ3v) is 4.90. The summed E-state index contributed by atoms with van der Waals surface area (Å²) in [5.41, 5.74) is 0.794. The van der Waals surface area contributed by atoms with Crippen LogP contribution in [-0.2, 0) is 9.53 Å². The minimum atomic E-state index is -0.487. The Kier molecular flexibility index (Phi) is 7.36. The molecule has 0 heterocycles. The summed E-state index contributed by atoms with van der Waals surface area (Å²) >= 11 is 7.55. The van der Waals surface area contributed by atoms with E-state index in [1.54, 1.807) is 20.1 Å². The topological polar surface area (TPSA) is 64.6 Å². The zero-order valence-corrected chi connectivity index (χ0v) is 16.3. The van der Waals surface area contributed by atoms with Crippen LogP contribution in [0.15, 0.2) is 47.4 Å². The number of hydrogen-bond donors (Lipinski definition) is 1. The number of rotatable bonds is 7. The van der Waals surface area contributed by atoms with Crippen molar-refractivity contribution in [3.63, 3.8) is 0 Å². The van der Waals surface area contributed by atoms with E-state index in [1.165, 1.54) is 23.9 Å². The summed E-state index contributed by atoms with van der Waals surface area (Å²) in [6.07, 6.45) is 0. The van der Waals surface area contributed by atoms with Crippen LogP contribution in [0.2, 0.25) is 5.02 Å². The van der Waals surface area contributed by atoms with Crippen molar-refractivity contribution >= 4 is 40.9 Å². The van der Waals surface area contributed by atoms with Crippen molar-refractivity contribution in [2.75, 3.05) is 19.0 Å². The number of halogens is 1. The van der Waals surface area contributed by atoms with Gasteiger partial charge in [0.15, 0.2) is 0 Å². The first-order valence-corrected chi connectivity index (χ1v) is 9.28. The lowest BCUT2D eigenvalue weighted by Crippen LogP contribution is -2.22. The van der Waals surface area contributed by atoms with Gasteiger partial charge in [0, 0.05) is 10.6 Å². The molecule has 7 heteroatoms. The highest BCUT2D eigenvalue weighted by Crippen LogP contribution is 2.27. The van der Waals surface area contributed by atoms with E-state index in [0.29, 0.717) is 5.69 Å². The van der Waals surface area contributed by atoms with Gasteiger partial charge in [-0.1, -0.05) is 11.6 Å². The number of thioether (sulfide) groups is 1. The summed E-state index contributed by atoms with van der Waals surface area (Å²) < 4.78 is 10.0. The van der Waals surface area contributed by atoms with Crippen molar-refractivity contribution in [2.24, 2.45) is 0 Å². The lowest BCUT2D eigenvalue weighted by molar-refractivity contribution is -0.115. The molecule has 0 radical (unpaired) electrons. The second-order valence-corrected chi connectivity index (χ2v) is 7.16. The first kappa shape index (κ1) is 20.1. The average Bonchev–Trinajstić information content (AvgIpc) is 2.62. The number of benzene rings is 2. The number of esters is 1. The number of nitrogens with one attached hydrogen (secondary N) is 1. The number of hydrogen-bond acceptors (Lipinski definition) is 5. The van der Waals surface area contributed by atoms with E-state index in [9.17, 15) is 9.59 Å². The molecular weight excluding hydrogens is 374 g/mol. The van der Waals surface area contributed by atoms with Crippen molar-refractivity contribution in [2.45, 2.75) is 24.0 Å². The number of methoxy groups -OCH3 is 1. The number of carbonyl (C=O) groups is 2. The van der Waals surface area contributed by atoms with Gasteiger partial charge in [-0.05, 0) is 56.3 Å². The Morgan fingerprint density at radius 1 is 1.19 bits per heavy atom. The molecule has 1 N–H and O–H groups in total. The van der Waals surface area contributed by atoms with Gasteiger partial charge < -0.3 is 14.8 Å². The van der Waals surface area contributed by atoms with Gasteiger partial charge in [-0.15, -0.1) is 11.8 Å². The van der Waals surface area contributed by atoms with Crippen molar-refractivity contribution in [1.29, 1.82) is 0 Å². The van der Waals surface area contributed by atoms with Gasteiger partial charge in [0.2, 0.25) is 5.91 Å². The van der Waals surface area contributed by atoms with Crippen LogP contribution in [0, 0.1) is 0 Å². The molecule has 138 valence electrons. The zero-order chi connectivity index (χ0) is 19.1. The quantitative estimate of drug-likeness (QED) is 0.548. The van der Waals surface area contributed by atoms with Crippen LogP contribution < -0.4 is 10.1 Å². The van der Waals surface area contributed by atoms with Gasteiger partial charge >= 0.3 is 5.97 Å². The maximum absolute atomic E-state index is 12.4. The Hall–Kier alpha value is -2.18. The lowest BCUT2D eigenvalue weighted by Gasteiger charge is -2.13. The molecule has 1 amide bonds. The smallest absolute Gasteiger partial charge is 0.339 e. The van der Waals surface area contributed by atoms with E-state index in [-0.39, 0.29) is 28.4 Å². The molecule has 2 aromatic rings. The van der Waals surface area contributed by atoms with E-state index < -0.39 is 5.97 Å². The van der Waals surface area contributed by atoms with E-state index >= 15 is 0 Å². The summed E-state index contributed by atoms with van der Waals surface area (Å²) in [6.45, 7) is 3.81. The van der Waals surface area contributed by atoms with Crippen LogP contribution in [0.4, 0.5) is 5.69 Å². The Bertz CT molecular complexity index is 780. The van der Waals surface area contributed by atoms with Crippen molar-refractivity contribution in [3.8, 4) is 5.75 Å². The second-order valence-electron chi connectivity index (χ2n) is 5.34. The summed E-state index contributed by atoms with van der Waals surface area (Å²) in [5.74, 6) is 0.118. The highest BCUT2D eigenvalue weighted by molar-refractivity contribution is 8.00. The molecule has 0 aliphatic heterocycles. The Balaban J connectivity index is 1.99. The Morgan fingerprint density at radius 2 is 1.88 bits per heavy atom. The standard InChI is InChI=1S/C19H20ClNO4S/c1-4-25-19(23)16-10-5-13(11-17(16)20)21-18(22)12(2)26-15-8-6-14(24-3)7-9-15/h5-12H,4H2,1-3H3,(H,21,22)/t12-/m1/s1. The molecule has 2 aromatic carbocycles. The highest BCUT2D eigenvalue weighted by Gasteiger charge is 2.17. The molecule has 0 saturated carbocycles. The maximum atomic E-state index is 12.4.